The van der Waals surface area contributed by atoms with Crippen molar-refractivity contribution in [1.29, 1.82) is 0 Å². The highest BCUT2D eigenvalue weighted by molar-refractivity contribution is 6.51. The lowest BCUT2D eigenvalue weighted by molar-refractivity contribution is -0.132. The van der Waals surface area contributed by atoms with Crippen LogP contribution in [0.2, 0.25) is 0 Å². The summed E-state index contributed by atoms with van der Waals surface area (Å²) in [6.45, 7) is 1.90. The Kier molecular flexibility index (Phi) is 4.83. The van der Waals surface area contributed by atoms with Gasteiger partial charge in [-0.15, -0.1) is 0 Å². The Morgan fingerprint density at radius 1 is 0.967 bits per heavy atom. The highest BCUT2D eigenvalue weighted by Crippen LogP contribution is 2.42. The molecule has 30 heavy (non-hydrogen) atoms. The van der Waals surface area contributed by atoms with E-state index in [0.717, 1.165) is 17.7 Å². The average Bonchev–Trinajstić information content (AvgIpc) is 3.00. The molecule has 1 amide bonds. The molecule has 1 unspecified atom stereocenters. The van der Waals surface area contributed by atoms with Crippen molar-refractivity contribution in [2.45, 2.75) is 13.0 Å². The van der Waals surface area contributed by atoms with Gasteiger partial charge in [-0.25, -0.2) is 4.39 Å². The summed E-state index contributed by atoms with van der Waals surface area (Å²) < 4.78 is 13.3. The number of rotatable bonds is 3. The maximum absolute atomic E-state index is 13.3. The zero-order valence-corrected chi connectivity index (χ0v) is 16.0. The number of hydrogen-bond donors (Lipinski definition) is 2. The molecule has 4 rings (SSSR count). The Bertz CT molecular complexity index is 1170. The van der Waals surface area contributed by atoms with Crippen molar-refractivity contribution in [2.75, 3.05) is 4.90 Å². The van der Waals surface area contributed by atoms with Gasteiger partial charge < -0.3 is 10.2 Å². The molecule has 5 nitrogen and oxygen atoms in total. The third kappa shape index (κ3) is 3.33. The molecule has 2 N–H and O–H groups in total. The SMILES string of the molecule is Cc1ccc(N2C(=O)C(=O)/C(=C(\O)c3ccc(F)cc3)C2c2cccc(O)c2)cc1. The monoisotopic (exact) mass is 403 g/mol. The van der Waals surface area contributed by atoms with Crippen LogP contribution in [0.4, 0.5) is 10.1 Å². The lowest BCUT2D eigenvalue weighted by Crippen LogP contribution is -2.29. The minimum Gasteiger partial charge on any atom is -0.508 e. The number of benzene rings is 3. The minimum absolute atomic E-state index is 0.0382. The van der Waals surface area contributed by atoms with E-state index in [1.54, 1.807) is 24.3 Å². The smallest absolute Gasteiger partial charge is 0.300 e. The van der Waals surface area contributed by atoms with Gasteiger partial charge in [0.15, 0.2) is 0 Å². The molecular weight excluding hydrogens is 385 g/mol. The summed E-state index contributed by atoms with van der Waals surface area (Å²) in [5, 5.41) is 20.9. The number of halogens is 1. The van der Waals surface area contributed by atoms with E-state index in [2.05, 4.69) is 0 Å². The highest BCUT2D eigenvalue weighted by atomic mass is 19.1. The van der Waals surface area contributed by atoms with Crippen LogP contribution in [0.15, 0.2) is 78.4 Å². The zero-order chi connectivity index (χ0) is 21.4. The molecule has 1 aliphatic rings. The number of aliphatic hydroxyl groups is 1. The van der Waals surface area contributed by atoms with Crippen LogP contribution in [0.1, 0.15) is 22.7 Å². The summed E-state index contributed by atoms with van der Waals surface area (Å²) in [5.74, 6) is -2.59. The number of ketones is 1. The number of phenolic OH excluding ortho intramolecular Hbond substituents is 1. The average molecular weight is 403 g/mol. The van der Waals surface area contributed by atoms with Crippen molar-refractivity contribution < 1.29 is 24.2 Å². The number of phenols is 1. The van der Waals surface area contributed by atoms with E-state index in [4.69, 9.17) is 0 Å². The number of carbonyl (C=O) groups excluding carboxylic acids is 2. The second kappa shape index (κ2) is 7.48. The molecule has 0 aromatic heterocycles. The number of anilines is 1. The molecule has 0 aliphatic carbocycles. The summed E-state index contributed by atoms with van der Waals surface area (Å²) in [6, 6.07) is 17.3. The maximum Gasteiger partial charge on any atom is 0.300 e. The van der Waals surface area contributed by atoms with Gasteiger partial charge in [-0.2, -0.15) is 0 Å². The first-order valence-electron chi connectivity index (χ1n) is 9.29. The van der Waals surface area contributed by atoms with Crippen molar-refractivity contribution >= 4 is 23.1 Å². The van der Waals surface area contributed by atoms with Crippen LogP contribution in [0.5, 0.6) is 5.75 Å². The summed E-state index contributed by atoms with van der Waals surface area (Å²) in [4.78, 5) is 27.2. The number of aromatic hydroxyl groups is 1. The van der Waals surface area contributed by atoms with Gasteiger partial charge in [0, 0.05) is 11.3 Å². The summed E-state index contributed by atoms with van der Waals surface area (Å²) in [6.07, 6.45) is 0. The van der Waals surface area contributed by atoms with E-state index in [9.17, 15) is 24.2 Å². The molecule has 1 atom stereocenters. The van der Waals surface area contributed by atoms with Gasteiger partial charge in [0.05, 0.1) is 11.6 Å². The van der Waals surface area contributed by atoms with E-state index in [1.807, 2.05) is 19.1 Å². The fourth-order valence-electron chi connectivity index (χ4n) is 3.58. The Hall–Kier alpha value is -3.93. The van der Waals surface area contributed by atoms with Crippen LogP contribution >= 0.6 is 0 Å². The lowest BCUT2D eigenvalue weighted by Gasteiger charge is -2.25. The van der Waals surface area contributed by atoms with Crippen molar-refractivity contribution in [3.63, 3.8) is 0 Å². The van der Waals surface area contributed by atoms with Gasteiger partial charge in [0.1, 0.15) is 17.3 Å². The first-order chi connectivity index (χ1) is 14.4. The zero-order valence-electron chi connectivity index (χ0n) is 16.0. The first kappa shape index (κ1) is 19.4. The molecule has 0 radical (unpaired) electrons. The molecule has 1 saturated heterocycles. The molecule has 0 bridgehead atoms. The van der Waals surface area contributed by atoms with E-state index in [-0.39, 0.29) is 16.9 Å². The quantitative estimate of drug-likeness (QED) is 0.384. The van der Waals surface area contributed by atoms with Gasteiger partial charge in [-0.3, -0.25) is 14.5 Å². The van der Waals surface area contributed by atoms with Crippen LogP contribution in [-0.4, -0.2) is 21.9 Å². The molecular formula is C24H18FNO4. The standard InChI is InChI=1S/C24H18FNO4/c1-14-5-11-18(12-6-14)26-21(16-3-2-4-19(27)13-16)20(23(29)24(26)30)22(28)15-7-9-17(25)10-8-15/h2-13,21,27-28H,1H3/b22-20-. The molecule has 1 aliphatic heterocycles. The summed E-state index contributed by atoms with van der Waals surface area (Å²) in [5.41, 5.74) is 2.00. The van der Waals surface area contributed by atoms with Crippen LogP contribution in [-0.2, 0) is 9.59 Å². The highest BCUT2D eigenvalue weighted by Gasteiger charge is 2.47. The van der Waals surface area contributed by atoms with Crippen LogP contribution in [0, 0.1) is 12.7 Å². The number of aliphatic hydroxyl groups excluding tert-OH is 1. The second-order valence-corrected chi connectivity index (χ2v) is 7.11. The Labute approximate surface area is 172 Å². The van der Waals surface area contributed by atoms with Crippen molar-refractivity contribution in [2.24, 2.45) is 0 Å². The predicted octanol–water partition coefficient (Wildman–Crippen LogP) is 4.47. The Morgan fingerprint density at radius 3 is 2.27 bits per heavy atom. The summed E-state index contributed by atoms with van der Waals surface area (Å²) >= 11 is 0. The van der Waals surface area contributed by atoms with E-state index in [1.165, 1.54) is 29.2 Å². The number of nitrogens with zero attached hydrogens (tertiary/aromatic N) is 1. The molecule has 3 aromatic carbocycles. The van der Waals surface area contributed by atoms with Crippen LogP contribution < -0.4 is 4.90 Å². The third-order valence-electron chi connectivity index (χ3n) is 5.06. The minimum atomic E-state index is -0.954. The number of amides is 1. The van der Waals surface area contributed by atoms with E-state index in [0.29, 0.717) is 11.3 Å². The lowest BCUT2D eigenvalue weighted by atomic mass is 9.95. The molecule has 0 spiro atoms. The number of Topliss-reactive ketones (excluding diaryl/α,β-unsaturated/α-hetero) is 1. The topological polar surface area (TPSA) is 77.8 Å². The van der Waals surface area contributed by atoms with Gasteiger partial charge in [0.25, 0.3) is 11.7 Å². The Balaban J connectivity index is 1.95. The maximum atomic E-state index is 13.3. The predicted molar refractivity (Wildman–Crippen MR) is 110 cm³/mol. The van der Waals surface area contributed by atoms with Gasteiger partial charge >= 0.3 is 0 Å². The van der Waals surface area contributed by atoms with Crippen molar-refractivity contribution in [3.05, 3.63) is 101 Å². The number of carbonyl (C=O) groups is 2. The Morgan fingerprint density at radius 2 is 1.63 bits per heavy atom. The van der Waals surface area contributed by atoms with Gasteiger partial charge in [0.2, 0.25) is 0 Å². The fraction of sp³-hybridized carbons (Fsp3) is 0.0833. The number of hydrogen-bond acceptors (Lipinski definition) is 4. The molecule has 150 valence electrons. The van der Waals surface area contributed by atoms with Crippen molar-refractivity contribution in [1.82, 2.24) is 0 Å². The molecule has 3 aromatic rings. The third-order valence-corrected chi connectivity index (χ3v) is 5.06. The largest absolute Gasteiger partial charge is 0.508 e. The summed E-state index contributed by atoms with van der Waals surface area (Å²) in [7, 11) is 0. The van der Waals surface area contributed by atoms with Crippen LogP contribution in [0.3, 0.4) is 0 Å². The first-order valence-corrected chi connectivity index (χ1v) is 9.29. The van der Waals surface area contributed by atoms with E-state index >= 15 is 0 Å². The van der Waals surface area contributed by atoms with E-state index < -0.39 is 29.3 Å². The molecule has 6 heteroatoms. The van der Waals surface area contributed by atoms with Crippen molar-refractivity contribution in [3.8, 4) is 5.75 Å². The number of aryl methyl sites for hydroxylation is 1. The molecule has 0 saturated carbocycles. The van der Waals surface area contributed by atoms with Gasteiger partial charge in [-0.05, 0) is 61.0 Å². The molecule has 1 fully saturated rings. The normalized spacial score (nSPS) is 18.1. The molecule has 1 heterocycles. The van der Waals surface area contributed by atoms with Gasteiger partial charge in [-0.1, -0.05) is 29.8 Å². The fourth-order valence-corrected chi connectivity index (χ4v) is 3.58. The van der Waals surface area contributed by atoms with Crippen LogP contribution in [0.25, 0.3) is 5.76 Å². The second-order valence-electron chi connectivity index (χ2n) is 7.11.